The van der Waals surface area contributed by atoms with Crippen molar-refractivity contribution in [3.63, 3.8) is 0 Å². The molecule has 134 valence electrons. The fourth-order valence-electron chi connectivity index (χ4n) is 3.74. The van der Waals surface area contributed by atoms with Crippen molar-refractivity contribution in [3.8, 4) is 0 Å². The first-order chi connectivity index (χ1) is 12.7. The van der Waals surface area contributed by atoms with E-state index in [9.17, 15) is 9.59 Å². The molecule has 0 saturated heterocycles. The number of carbonyl (C=O) groups is 2. The summed E-state index contributed by atoms with van der Waals surface area (Å²) in [5, 5.41) is 2.92. The van der Waals surface area contributed by atoms with E-state index in [0.29, 0.717) is 12.1 Å². The molecule has 1 amide bonds. The van der Waals surface area contributed by atoms with Crippen LogP contribution in [0, 0.1) is 0 Å². The number of esters is 1. The topological polar surface area (TPSA) is 55.4 Å². The van der Waals surface area contributed by atoms with Crippen molar-refractivity contribution in [3.05, 3.63) is 70.8 Å². The van der Waals surface area contributed by atoms with Gasteiger partial charge in [-0.25, -0.2) is 4.79 Å². The summed E-state index contributed by atoms with van der Waals surface area (Å²) in [4.78, 5) is 24.3. The van der Waals surface area contributed by atoms with E-state index < -0.39 is 5.97 Å². The number of rotatable bonds is 6. The first-order valence-electron chi connectivity index (χ1n) is 9.27. The van der Waals surface area contributed by atoms with Crippen LogP contribution in [0.15, 0.2) is 48.5 Å². The third kappa shape index (κ3) is 3.50. The van der Waals surface area contributed by atoms with Gasteiger partial charge in [0, 0.05) is 12.0 Å². The monoisotopic (exact) mass is 349 g/mol. The predicted octanol–water partition coefficient (Wildman–Crippen LogP) is 3.18. The van der Waals surface area contributed by atoms with Crippen LogP contribution in [0.4, 0.5) is 0 Å². The average Bonchev–Trinajstić information content (AvgIpc) is 3.33. The highest BCUT2D eigenvalue weighted by Gasteiger charge is 2.44. The van der Waals surface area contributed by atoms with Crippen molar-refractivity contribution in [1.29, 1.82) is 0 Å². The zero-order valence-corrected chi connectivity index (χ0v) is 14.8. The molecule has 1 fully saturated rings. The largest absolute Gasteiger partial charge is 0.452 e. The zero-order chi connectivity index (χ0) is 18.0. The van der Waals surface area contributed by atoms with Crippen LogP contribution >= 0.6 is 0 Å². The smallest absolute Gasteiger partial charge is 0.338 e. The highest BCUT2D eigenvalue weighted by atomic mass is 16.5. The third-order valence-corrected chi connectivity index (χ3v) is 5.53. The van der Waals surface area contributed by atoms with E-state index >= 15 is 0 Å². The van der Waals surface area contributed by atoms with Crippen LogP contribution in [0.5, 0.6) is 0 Å². The van der Waals surface area contributed by atoms with Crippen LogP contribution in [0.1, 0.15) is 46.3 Å². The molecule has 1 saturated carbocycles. The highest BCUT2D eigenvalue weighted by molar-refractivity contribution is 5.91. The number of amides is 1. The summed E-state index contributed by atoms with van der Waals surface area (Å²) in [6.07, 6.45) is 5.38. The Labute approximate surface area is 153 Å². The SMILES string of the molecule is O=C(COC(=O)c1ccc2c(c1)CCC2)NCC1(c2ccccc2)CC1. The molecule has 26 heavy (non-hydrogen) atoms. The number of nitrogens with one attached hydrogen (secondary N) is 1. The molecule has 2 aliphatic rings. The van der Waals surface area contributed by atoms with Crippen LogP contribution in [-0.4, -0.2) is 25.0 Å². The second-order valence-electron chi connectivity index (χ2n) is 7.34. The average molecular weight is 349 g/mol. The molecule has 4 rings (SSSR count). The van der Waals surface area contributed by atoms with Crippen molar-refractivity contribution in [2.45, 2.75) is 37.5 Å². The first-order valence-corrected chi connectivity index (χ1v) is 9.27. The van der Waals surface area contributed by atoms with Crippen LogP contribution in [-0.2, 0) is 27.8 Å². The lowest BCUT2D eigenvalue weighted by Crippen LogP contribution is -2.35. The fraction of sp³-hybridized carbons (Fsp3) is 0.364. The van der Waals surface area contributed by atoms with Gasteiger partial charge >= 0.3 is 5.97 Å². The van der Waals surface area contributed by atoms with Crippen molar-refractivity contribution in [1.82, 2.24) is 5.32 Å². The second kappa shape index (κ2) is 6.94. The molecule has 0 aliphatic heterocycles. The summed E-state index contributed by atoms with van der Waals surface area (Å²) in [5.74, 6) is -0.680. The summed E-state index contributed by atoms with van der Waals surface area (Å²) in [5.41, 5.74) is 4.38. The lowest BCUT2D eigenvalue weighted by Gasteiger charge is -2.16. The molecule has 0 atom stereocenters. The number of fused-ring (bicyclic) bond motifs is 1. The van der Waals surface area contributed by atoms with Gasteiger partial charge in [0.2, 0.25) is 0 Å². The van der Waals surface area contributed by atoms with E-state index in [2.05, 4.69) is 17.4 Å². The van der Waals surface area contributed by atoms with Crippen molar-refractivity contribution >= 4 is 11.9 Å². The summed E-state index contributed by atoms with van der Waals surface area (Å²) >= 11 is 0. The molecule has 2 aromatic rings. The third-order valence-electron chi connectivity index (χ3n) is 5.53. The van der Waals surface area contributed by atoms with Crippen molar-refractivity contribution in [2.75, 3.05) is 13.2 Å². The summed E-state index contributed by atoms with van der Waals surface area (Å²) in [6.45, 7) is 0.354. The second-order valence-corrected chi connectivity index (χ2v) is 7.34. The molecule has 0 aromatic heterocycles. The normalized spacial score (nSPS) is 16.6. The van der Waals surface area contributed by atoms with E-state index in [0.717, 1.165) is 32.1 Å². The Kier molecular flexibility index (Phi) is 4.49. The predicted molar refractivity (Wildman–Crippen MR) is 99.1 cm³/mol. The number of benzene rings is 2. The molecule has 0 radical (unpaired) electrons. The number of ether oxygens (including phenoxy) is 1. The van der Waals surface area contributed by atoms with Gasteiger partial charge in [0.15, 0.2) is 6.61 Å². The Morgan fingerprint density at radius 2 is 1.77 bits per heavy atom. The van der Waals surface area contributed by atoms with Gasteiger partial charge in [0.1, 0.15) is 0 Å². The Hall–Kier alpha value is -2.62. The van der Waals surface area contributed by atoms with Crippen molar-refractivity contribution < 1.29 is 14.3 Å². The van der Waals surface area contributed by atoms with Gasteiger partial charge in [-0.1, -0.05) is 36.4 Å². The molecule has 0 bridgehead atoms. The minimum Gasteiger partial charge on any atom is -0.452 e. The molecular weight excluding hydrogens is 326 g/mol. The van der Waals surface area contributed by atoms with E-state index in [1.165, 1.54) is 16.7 Å². The minimum atomic E-state index is -0.431. The molecule has 2 aliphatic carbocycles. The minimum absolute atomic E-state index is 0.0565. The molecule has 0 unspecified atom stereocenters. The Balaban J connectivity index is 1.27. The molecule has 0 spiro atoms. The van der Waals surface area contributed by atoms with Gasteiger partial charge < -0.3 is 10.1 Å². The van der Waals surface area contributed by atoms with Gasteiger partial charge in [-0.2, -0.15) is 0 Å². The maximum atomic E-state index is 12.2. The lowest BCUT2D eigenvalue weighted by molar-refractivity contribution is -0.124. The van der Waals surface area contributed by atoms with Crippen LogP contribution < -0.4 is 5.32 Å². The Morgan fingerprint density at radius 1 is 1.00 bits per heavy atom. The van der Waals surface area contributed by atoms with E-state index in [-0.39, 0.29) is 17.9 Å². The molecule has 4 heteroatoms. The zero-order valence-electron chi connectivity index (χ0n) is 14.8. The van der Waals surface area contributed by atoms with Gasteiger partial charge in [-0.3, -0.25) is 4.79 Å². The van der Waals surface area contributed by atoms with Gasteiger partial charge in [0.25, 0.3) is 5.91 Å². The quantitative estimate of drug-likeness (QED) is 0.815. The highest BCUT2D eigenvalue weighted by Crippen LogP contribution is 2.47. The lowest BCUT2D eigenvalue weighted by atomic mass is 9.96. The fourth-order valence-corrected chi connectivity index (χ4v) is 3.74. The molecular formula is C22H23NO3. The van der Waals surface area contributed by atoms with E-state index in [1.807, 2.05) is 30.3 Å². The number of aryl methyl sites for hydroxylation is 2. The number of carbonyl (C=O) groups excluding carboxylic acids is 2. The molecule has 1 N–H and O–H groups in total. The summed E-state index contributed by atoms with van der Waals surface area (Å²) < 4.78 is 5.19. The van der Waals surface area contributed by atoms with E-state index in [1.54, 1.807) is 6.07 Å². The molecule has 4 nitrogen and oxygen atoms in total. The van der Waals surface area contributed by atoms with E-state index in [4.69, 9.17) is 4.74 Å². The standard InChI is InChI=1S/C22H23NO3/c24-20(23-15-22(11-12-22)19-7-2-1-3-8-19)14-26-21(25)18-10-9-16-5-4-6-17(16)13-18/h1-3,7-10,13H,4-6,11-12,14-15H2,(H,23,24). The molecule has 2 aromatic carbocycles. The van der Waals surface area contributed by atoms with Gasteiger partial charge in [-0.05, 0) is 60.9 Å². The van der Waals surface area contributed by atoms with Crippen LogP contribution in [0.25, 0.3) is 0 Å². The maximum Gasteiger partial charge on any atom is 0.338 e. The number of hydrogen-bond acceptors (Lipinski definition) is 3. The summed E-state index contributed by atoms with van der Waals surface area (Å²) in [7, 11) is 0. The van der Waals surface area contributed by atoms with Crippen molar-refractivity contribution in [2.24, 2.45) is 0 Å². The maximum absolute atomic E-state index is 12.2. The first kappa shape index (κ1) is 16.8. The number of hydrogen-bond donors (Lipinski definition) is 1. The summed E-state index contributed by atoms with van der Waals surface area (Å²) in [6, 6.07) is 15.9. The van der Waals surface area contributed by atoms with Crippen LogP contribution in [0.2, 0.25) is 0 Å². The van der Waals surface area contributed by atoms with Crippen LogP contribution in [0.3, 0.4) is 0 Å². The Bertz CT molecular complexity index is 825. The molecule has 0 heterocycles. The van der Waals surface area contributed by atoms with Gasteiger partial charge in [-0.15, -0.1) is 0 Å². The Morgan fingerprint density at radius 3 is 2.54 bits per heavy atom. The van der Waals surface area contributed by atoms with Gasteiger partial charge in [0.05, 0.1) is 5.56 Å².